The van der Waals surface area contributed by atoms with E-state index in [9.17, 15) is 9.59 Å². The van der Waals surface area contributed by atoms with Crippen LogP contribution in [0.3, 0.4) is 0 Å². The molecule has 0 aromatic heterocycles. The summed E-state index contributed by atoms with van der Waals surface area (Å²) in [6, 6.07) is 0. The fraction of sp³-hybridized carbons (Fsp3) is 0.800. The van der Waals surface area contributed by atoms with E-state index in [1.807, 2.05) is 6.92 Å². The van der Waals surface area contributed by atoms with Crippen LogP contribution in [0.25, 0.3) is 0 Å². The number of likely N-dealkylation sites (tertiary alicyclic amines) is 1. The number of aliphatic carboxylic acids is 1. The van der Waals surface area contributed by atoms with E-state index in [-0.39, 0.29) is 11.8 Å². The molecule has 1 fully saturated rings. The maximum Gasteiger partial charge on any atom is 0.308 e. The van der Waals surface area contributed by atoms with Crippen LogP contribution in [0, 0.1) is 5.92 Å². The van der Waals surface area contributed by atoms with Crippen molar-refractivity contribution in [3.63, 3.8) is 0 Å². The number of hydrogen-bond donors (Lipinski definition) is 1. The normalized spacial score (nSPS) is 22.9. The lowest BCUT2D eigenvalue weighted by molar-refractivity contribution is -0.143. The van der Waals surface area contributed by atoms with Crippen molar-refractivity contribution in [2.45, 2.75) is 32.6 Å². The summed E-state index contributed by atoms with van der Waals surface area (Å²) in [6.45, 7) is 2.92. The summed E-state index contributed by atoms with van der Waals surface area (Å²) in [6.07, 6.45) is 3.00. The van der Waals surface area contributed by atoms with Gasteiger partial charge in [0, 0.05) is 19.5 Å². The van der Waals surface area contributed by atoms with Crippen molar-refractivity contribution in [3.8, 4) is 0 Å². The Morgan fingerprint density at radius 1 is 1.43 bits per heavy atom. The van der Waals surface area contributed by atoms with Gasteiger partial charge in [0.25, 0.3) is 0 Å². The molecule has 1 unspecified atom stereocenters. The van der Waals surface area contributed by atoms with Gasteiger partial charge < -0.3 is 10.0 Å². The summed E-state index contributed by atoms with van der Waals surface area (Å²) >= 11 is 0. The fourth-order valence-corrected chi connectivity index (χ4v) is 1.79. The molecule has 1 aliphatic heterocycles. The van der Waals surface area contributed by atoms with Gasteiger partial charge in [-0.1, -0.05) is 13.3 Å². The van der Waals surface area contributed by atoms with Gasteiger partial charge in [-0.05, 0) is 12.8 Å². The summed E-state index contributed by atoms with van der Waals surface area (Å²) in [4.78, 5) is 23.9. The Morgan fingerprint density at radius 3 is 2.71 bits per heavy atom. The SMILES string of the molecule is CCC(=O)N1CCCCC(C(=O)O)C1. The fourth-order valence-electron chi connectivity index (χ4n) is 1.79. The quantitative estimate of drug-likeness (QED) is 0.724. The molecule has 1 heterocycles. The minimum Gasteiger partial charge on any atom is -0.481 e. The second kappa shape index (κ2) is 4.98. The lowest BCUT2D eigenvalue weighted by Gasteiger charge is -2.21. The molecule has 1 atom stereocenters. The van der Waals surface area contributed by atoms with Gasteiger partial charge in [-0.25, -0.2) is 0 Å². The molecule has 0 saturated carbocycles. The van der Waals surface area contributed by atoms with Crippen molar-refractivity contribution in [3.05, 3.63) is 0 Å². The van der Waals surface area contributed by atoms with Crippen LogP contribution in [0.2, 0.25) is 0 Å². The smallest absolute Gasteiger partial charge is 0.308 e. The second-order valence-corrected chi connectivity index (χ2v) is 3.72. The molecule has 80 valence electrons. The summed E-state index contributed by atoms with van der Waals surface area (Å²) in [5, 5.41) is 8.90. The van der Waals surface area contributed by atoms with Crippen LogP contribution in [0.5, 0.6) is 0 Å². The van der Waals surface area contributed by atoms with E-state index in [0.717, 1.165) is 19.4 Å². The Balaban J connectivity index is 2.59. The number of carbonyl (C=O) groups excluding carboxylic acids is 1. The highest BCUT2D eigenvalue weighted by atomic mass is 16.4. The van der Waals surface area contributed by atoms with Crippen LogP contribution in [0.4, 0.5) is 0 Å². The third kappa shape index (κ3) is 2.72. The van der Waals surface area contributed by atoms with Crippen molar-refractivity contribution in [1.29, 1.82) is 0 Å². The first-order valence-electron chi connectivity index (χ1n) is 5.15. The predicted octanol–water partition coefficient (Wildman–Crippen LogP) is 1.11. The van der Waals surface area contributed by atoms with E-state index in [4.69, 9.17) is 5.11 Å². The summed E-state index contributed by atoms with van der Waals surface area (Å²) in [5.74, 6) is -1.08. The molecule has 1 rings (SSSR count). The Hall–Kier alpha value is -1.06. The van der Waals surface area contributed by atoms with Crippen molar-refractivity contribution >= 4 is 11.9 Å². The van der Waals surface area contributed by atoms with Crippen molar-refractivity contribution < 1.29 is 14.7 Å². The van der Waals surface area contributed by atoms with Crippen LogP contribution >= 0.6 is 0 Å². The zero-order chi connectivity index (χ0) is 10.6. The van der Waals surface area contributed by atoms with Crippen LogP contribution in [-0.4, -0.2) is 35.0 Å². The largest absolute Gasteiger partial charge is 0.481 e. The van der Waals surface area contributed by atoms with Crippen LogP contribution in [0.15, 0.2) is 0 Å². The van der Waals surface area contributed by atoms with E-state index >= 15 is 0 Å². The number of carbonyl (C=O) groups is 2. The van der Waals surface area contributed by atoms with Crippen molar-refractivity contribution in [2.24, 2.45) is 5.92 Å². The zero-order valence-corrected chi connectivity index (χ0v) is 8.53. The monoisotopic (exact) mass is 199 g/mol. The molecule has 0 aliphatic carbocycles. The highest BCUT2D eigenvalue weighted by Gasteiger charge is 2.25. The highest BCUT2D eigenvalue weighted by Crippen LogP contribution is 2.17. The Kier molecular flexibility index (Phi) is 3.92. The maximum absolute atomic E-state index is 11.4. The maximum atomic E-state index is 11.4. The van der Waals surface area contributed by atoms with E-state index in [1.54, 1.807) is 4.90 Å². The van der Waals surface area contributed by atoms with E-state index in [0.29, 0.717) is 19.4 Å². The molecule has 4 nitrogen and oxygen atoms in total. The van der Waals surface area contributed by atoms with E-state index < -0.39 is 5.97 Å². The summed E-state index contributed by atoms with van der Waals surface area (Å²) in [5.41, 5.74) is 0. The molecule has 4 heteroatoms. The third-order valence-corrected chi connectivity index (χ3v) is 2.68. The van der Waals surface area contributed by atoms with E-state index in [2.05, 4.69) is 0 Å². The Bertz CT molecular complexity index is 227. The first kappa shape index (κ1) is 11.0. The predicted molar refractivity (Wildman–Crippen MR) is 51.8 cm³/mol. The lowest BCUT2D eigenvalue weighted by Crippen LogP contribution is -2.36. The summed E-state index contributed by atoms with van der Waals surface area (Å²) < 4.78 is 0. The number of carboxylic acids is 1. The van der Waals surface area contributed by atoms with Gasteiger partial charge in [0.15, 0.2) is 0 Å². The van der Waals surface area contributed by atoms with Crippen LogP contribution in [0.1, 0.15) is 32.6 Å². The van der Waals surface area contributed by atoms with Gasteiger partial charge in [0.1, 0.15) is 0 Å². The summed E-state index contributed by atoms with van der Waals surface area (Å²) in [7, 11) is 0. The first-order valence-corrected chi connectivity index (χ1v) is 5.15. The molecule has 0 radical (unpaired) electrons. The van der Waals surface area contributed by atoms with E-state index in [1.165, 1.54) is 0 Å². The Morgan fingerprint density at radius 2 is 2.14 bits per heavy atom. The number of hydrogen-bond acceptors (Lipinski definition) is 2. The van der Waals surface area contributed by atoms with Crippen molar-refractivity contribution in [1.82, 2.24) is 4.90 Å². The molecule has 1 amide bonds. The molecule has 0 spiro atoms. The van der Waals surface area contributed by atoms with Gasteiger partial charge in [0.05, 0.1) is 5.92 Å². The average Bonchev–Trinajstić information content (AvgIpc) is 2.41. The van der Waals surface area contributed by atoms with Crippen molar-refractivity contribution in [2.75, 3.05) is 13.1 Å². The van der Waals surface area contributed by atoms with Gasteiger partial charge in [-0.2, -0.15) is 0 Å². The second-order valence-electron chi connectivity index (χ2n) is 3.72. The van der Waals surface area contributed by atoms with Crippen LogP contribution in [-0.2, 0) is 9.59 Å². The first-order chi connectivity index (χ1) is 6.65. The average molecular weight is 199 g/mol. The molecular formula is C10H17NO3. The van der Waals surface area contributed by atoms with Gasteiger partial charge in [-0.3, -0.25) is 9.59 Å². The number of amides is 1. The van der Waals surface area contributed by atoms with Gasteiger partial charge >= 0.3 is 5.97 Å². The number of nitrogens with zero attached hydrogens (tertiary/aromatic N) is 1. The molecule has 1 aliphatic rings. The van der Waals surface area contributed by atoms with Gasteiger partial charge in [0.2, 0.25) is 5.91 Å². The minimum atomic E-state index is -0.777. The standard InChI is InChI=1S/C10H17NO3/c1-2-9(12)11-6-4-3-5-8(7-11)10(13)14/h8H,2-7H2,1H3,(H,13,14). The minimum absolute atomic E-state index is 0.0677. The van der Waals surface area contributed by atoms with Crippen LogP contribution < -0.4 is 0 Å². The molecule has 1 N–H and O–H groups in total. The molecule has 1 saturated heterocycles. The van der Waals surface area contributed by atoms with Gasteiger partial charge in [-0.15, -0.1) is 0 Å². The molecule has 0 aromatic rings. The molecule has 0 aromatic carbocycles. The topological polar surface area (TPSA) is 57.6 Å². The molecule has 14 heavy (non-hydrogen) atoms. The number of rotatable bonds is 2. The molecular weight excluding hydrogens is 182 g/mol. The molecule has 0 bridgehead atoms. The Labute approximate surface area is 83.9 Å². The highest BCUT2D eigenvalue weighted by molar-refractivity contribution is 5.77. The third-order valence-electron chi connectivity index (χ3n) is 2.68. The number of carboxylic acid groups (broad SMARTS) is 1. The lowest BCUT2D eigenvalue weighted by atomic mass is 10.0. The zero-order valence-electron chi connectivity index (χ0n) is 8.53.